The van der Waals surface area contributed by atoms with Gasteiger partial charge in [0.15, 0.2) is 0 Å². The molecule has 0 bridgehead atoms. The number of halogens is 3. The molecule has 0 radical (unpaired) electrons. The molecule has 1 aromatic rings. The van der Waals surface area contributed by atoms with E-state index >= 15 is 0 Å². The quantitative estimate of drug-likeness (QED) is 0.665. The molecule has 0 aliphatic carbocycles. The molecule has 2 nitrogen and oxygen atoms in total. The largest absolute Gasteiger partial charge is 0.417 e. The summed E-state index contributed by atoms with van der Waals surface area (Å²) in [6, 6.07) is 4.99. The molecule has 1 N–H and O–H groups in total. The van der Waals surface area contributed by atoms with Crippen molar-refractivity contribution in [2.45, 2.75) is 6.18 Å². The Bertz CT molecular complexity index is 512. The molecule has 0 aromatic heterocycles. The van der Waals surface area contributed by atoms with Gasteiger partial charge in [-0.1, -0.05) is 5.92 Å². The lowest BCUT2D eigenvalue weighted by molar-refractivity contribution is -0.137. The van der Waals surface area contributed by atoms with Crippen molar-refractivity contribution in [2.24, 2.45) is 0 Å². The second-order valence-electron chi connectivity index (χ2n) is 3.55. The Morgan fingerprint density at radius 1 is 1.37 bits per heavy atom. The summed E-state index contributed by atoms with van der Waals surface area (Å²) >= 11 is 1.55. The summed E-state index contributed by atoms with van der Waals surface area (Å²) in [5.74, 6) is 3.81. The Hall–Kier alpha value is -1.79. The highest BCUT2D eigenvalue weighted by atomic mass is 32.2. The van der Waals surface area contributed by atoms with E-state index in [1.54, 1.807) is 17.8 Å². The van der Waals surface area contributed by atoms with E-state index in [-0.39, 0.29) is 5.56 Å². The zero-order valence-electron chi connectivity index (χ0n) is 9.92. The van der Waals surface area contributed by atoms with Crippen molar-refractivity contribution >= 4 is 17.4 Å². The number of nitriles is 1. The Morgan fingerprint density at radius 2 is 2.11 bits per heavy atom. The Labute approximate surface area is 114 Å². The van der Waals surface area contributed by atoms with Crippen LogP contribution in [0.25, 0.3) is 0 Å². The summed E-state index contributed by atoms with van der Waals surface area (Å²) in [5, 5.41) is 11.7. The molecule has 0 heterocycles. The third-order valence-electron chi connectivity index (χ3n) is 2.21. The van der Waals surface area contributed by atoms with E-state index in [2.05, 4.69) is 11.2 Å². The number of hydrogen-bond acceptors (Lipinski definition) is 3. The normalized spacial score (nSPS) is 10.6. The fraction of sp³-hybridized carbons (Fsp3) is 0.308. The number of benzene rings is 1. The van der Waals surface area contributed by atoms with Gasteiger partial charge in [0.25, 0.3) is 0 Å². The van der Waals surface area contributed by atoms with Gasteiger partial charge in [0.1, 0.15) is 0 Å². The lowest BCUT2D eigenvalue weighted by atomic mass is 10.1. The first-order valence-corrected chi connectivity index (χ1v) is 6.51. The first-order chi connectivity index (χ1) is 8.99. The van der Waals surface area contributed by atoms with Crippen LogP contribution < -0.4 is 5.32 Å². The van der Waals surface area contributed by atoms with Gasteiger partial charge in [-0.3, -0.25) is 0 Å². The summed E-state index contributed by atoms with van der Waals surface area (Å²) in [6.45, 7) is 0.572. The predicted octanol–water partition coefficient (Wildman–Crippen LogP) is 3.36. The molecule has 0 spiro atoms. The first-order valence-electron chi connectivity index (χ1n) is 5.35. The number of thioether (sulfide) groups is 1. The number of terminal acetylenes is 1. The van der Waals surface area contributed by atoms with Crippen molar-refractivity contribution in [2.75, 3.05) is 23.4 Å². The Balaban J connectivity index is 2.69. The molecular weight excluding hydrogens is 273 g/mol. The van der Waals surface area contributed by atoms with Crippen LogP contribution in [0.5, 0.6) is 0 Å². The topological polar surface area (TPSA) is 35.8 Å². The lowest BCUT2D eigenvalue weighted by Gasteiger charge is -2.11. The van der Waals surface area contributed by atoms with E-state index in [9.17, 15) is 13.2 Å². The Kier molecular flexibility index (Phi) is 5.59. The average Bonchev–Trinajstić information content (AvgIpc) is 2.37. The van der Waals surface area contributed by atoms with Crippen LogP contribution in [0.2, 0.25) is 0 Å². The van der Waals surface area contributed by atoms with E-state index in [1.807, 2.05) is 0 Å². The number of nitrogens with one attached hydrogen (secondary N) is 1. The second-order valence-corrected chi connectivity index (χ2v) is 4.66. The number of anilines is 1. The zero-order valence-corrected chi connectivity index (χ0v) is 10.7. The molecule has 1 aromatic carbocycles. The monoisotopic (exact) mass is 284 g/mol. The van der Waals surface area contributed by atoms with E-state index in [0.717, 1.165) is 11.8 Å². The standard InChI is InChI=1S/C13H11F3N2S/c1-2-6-19-7-5-18-11-3-4-12(13(14,15)16)10(8-11)9-17/h1,3-4,8,18H,5-7H2. The predicted molar refractivity (Wildman–Crippen MR) is 70.8 cm³/mol. The maximum absolute atomic E-state index is 12.6. The molecule has 19 heavy (non-hydrogen) atoms. The SMILES string of the molecule is C#CCSCCNc1ccc(C(F)(F)F)c(C#N)c1. The molecule has 0 atom stereocenters. The second kappa shape index (κ2) is 6.96. The fourth-order valence-corrected chi connectivity index (χ4v) is 1.90. The van der Waals surface area contributed by atoms with E-state index in [1.165, 1.54) is 12.1 Å². The molecule has 100 valence electrons. The maximum atomic E-state index is 12.6. The highest BCUT2D eigenvalue weighted by Gasteiger charge is 2.33. The molecule has 0 aliphatic heterocycles. The summed E-state index contributed by atoms with van der Waals surface area (Å²) in [6.07, 6.45) is 0.576. The van der Waals surface area contributed by atoms with Gasteiger partial charge in [-0.15, -0.1) is 18.2 Å². The van der Waals surface area contributed by atoms with Crippen molar-refractivity contribution in [3.8, 4) is 18.4 Å². The minimum atomic E-state index is -4.51. The van der Waals surface area contributed by atoms with Gasteiger partial charge in [-0.2, -0.15) is 18.4 Å². The van der Waals surface area contributed by atoms with Gasteiger partial charge in [0, 0.05) is 18.0 Å². The summed E-state index contributed by atoms with van der Waals surface area (Å²) < 4.78 is 37.7. The van der Waals surface area contributed by atoms with Crippen LogP contribution in [0.4, 0.5) is 18.9 Å². The first kappa shape index (κ1) is 15.3. The maximum Gasteiger partial charge on any atom is 0.417 e. The van der Waals surface area contributed by atoms with E-state index < -0.39 is 11.7 Å². The molecule has 0 aliphatic rings. The summed E-state index contributed by atoms with van der Waals surface area (Å²) in [7, 11) is 0. The van der Waals surface area contributed by atoms with Crippen LogP contribution in [0.1, 0.15) is 11.1 Å². The van der Waals surface area contributed by atoms with Gasteiger partial charge in [0.05, 0.1) is 22.9 Å². The van der Waals surface area contributed by atoms with Crippen LogP contribution in [0.15, 0.2) is 18.2 Å². The minimum Gasteiger partial charge on any atom is -0.384 e. The average molecular weight is 284 g/mol. The summed E-state index contributed by atoms with van der Waals surface area (Å²) in [4.78, 5) is 0. The molecule has 6 heteroatoms. The lowest BCUT2D eigenvalue weighted by Crippen LogP contribution is -2.09. The van der Waals surface area contributed by atoms with Crippen molar-refractivity contribution < 1.29 is 13.2 Å². The highest BCUT2D eigenvalue weighted by molar-refractivity contribution is 7.99. The molecule has 1 rings (SSSR count). The van der Waals surface area contributed by atoms with Crippen molar-refractivity contribution in [3.63, 3.8) is 0 Å². The van der Waals surface area contributed by atoms with Crippen LogP contribution in [0, 0.1) is 23.7 Å². The summed E-state index contributed by atoms with van der Waals surface area (Å²) in [5.41, 5.74) is -0.804. The van der Waals surface area contributed by atoms with Crippen LogP contribution in [-0.4, -0.2) is 18.1 Å². The van der Waals surface area contributed by atoms with Gasteiger partial charge < -0.3 is 5.32 Å². The number of alkyl halides is 3. The van der Waals surface area contributed by atoms with E-state index in [4.69, 9.17) is 11.7 Å². The molecule has 0 saturated heterocycles. The van der Waals surface area contributed by atoms with Crippen molar-refractivity contribution in [3.05, 3.63) is 29.3 Å². The minimum absolute atomic E-state index is 0.381. The smallest absolute Gasteiger partial charge is 0.384 e. The van der Waals surface area contributed by atoms with Gasteiger partial charge in [0.2, 0.25) is 0 Å². The molecule has 0 amide bonds. The fourth-order valence-electron chi connectivity index (χ4n) is 1.39. The number of rotatable bonds is 5. The van der Waals surface area contributed by atoms with Crippen LogP contribution >= 0.6 is 11.8 Å². The van der Waals surface area contributed by atoms with Crippen LogP contribution in [0.3, 0.4) is 0 Å². The molecule has 0 fully saturated rings. The zero-order chi connectivity index (χ0) is 14.3. The molecule has 0 unspecified atom stereocenters. The van der Waals surface area contributed by atoms with E-state index in [0.29, 0.717) is 18.0 Å². The number of nitrogens with zero attached hydrogens (tertiary/aromatic N) is 1. The van der Waals surface area contributed by atoms with Crippen LogP contribution in [-0.2, 0) is 6.18 Å². The van der Waals surface area contributed by atoms with Crippen molar-refractivity contribution in [1.82, 2.24) is 0 Å². The highest BCUT2D eigenvalue weighted by Crippen LogP contribution is 2.32. The third kappa shape index (κ3) is 4.76. The molecule has 0 saturated carbocycles. The van der Waals surface area contributed by atoms with Gasteiger partial charge in [-0.05, 0) is 18.2 Å². The van der Waals surface area contributed by atoms with Crippen molar-refractivity contribution in [1.29, 1.82) is 5.26 Å². The number of hydrogen-bond donors (Lipinski definition) is 1. The molecular formula is C13H11F3N2S. The third-order valence-corrected chi connectivity index (χ3v) is 3.07. The van der Waals surface area contributed by atoms with Gasteiger partial charge in [-0.25, -0.2) is 0 Å². The Morgan fingerprint density at radius 3 is 2.68 bits per heavy atom. The van der Waals surface area contributed by atoms with Gasteiger partial charge >= 0.3 is 6.18 Å².